The second kappa shape index (κ2) is 10.4. The van der Waals surface area contributed by atoms with Gasteiger partial charge in [0.05, 0.1) is 0 Å². The first-order valence-corrected chi connectivity index (χ1v) is 4.95. The monoisotopic (exact) mass is 241 g/mol. The van der Waals surface area contributed by atoms with Crippen molar-refractivity contribution in [2.45, 2.75) is 19.8 Å². The van der Waals surface area contributed by atoms with Crippen LogP contribution in [0.2, 0.25) is 0 Å². The molecule has 17 heavy (non-hydrogen) atoms. The zero-order chi connectivity index (χ0) is 13.8. The highest BCUT2D eigenvalue weighted by atomic mass is 16.2. The van der Waals surface area contributed by atoms with Gasteiger partial charge >= 0.3 is 0 Å². The summed E-state index contributed by atoms with van der Waals surface area (Å²) in [4.78, 5) is 29.4. The Labute approximate surface area is 101 Å². The van der Waals surface area contributed by atoms with Gasteiger partial charge in [-0.3, -0.25) is 14.4 Å². The molecule has 6 nitrogen and oxygen atoms in total. The number of hydrogen-bond acceptors (Lipinski definition) is 3. The van der Waals surface area contributed by atoms with Crippen LogP contribution in [0.4, 0.5) is 0 Å². The number of hydrogen-bond donors (Lipinski definition) is 3. The van der Waals surface area contributed by atoms with Crippen LogP contribution in [0, 0.1) is 0 Å². The number of carbonyl (C=O) groups is 3. The lowest BCUT2D eigenvalue weighted by molar-refractivity contribution is -0.119. The van der Waals surface area contributed by atoms with E-state index in [1.54, 1.807) is 6.92 Å². The Kier molecular flexibility index (Phi) is 10.6. The van der Waals surface area contributed by atoms with Crippen molar-refractivity contribution in [2.75, 3.05) is 6.54 Å². The Balaban J connectivity index is 0. The Morgan fingerprint density at radius 3 is 1.88 bits per heavy atom. The maximum absolute atomic E-state index is 10.1. The molecule has 6 heteroatoms. The average Bonchev–Trinajstić information content (AvgIpc) is 2.70. The third kappa shape index (κ3) is 16.6. The van der Waals surface area contributed by atoms with Gasteiger partial charge in [0.1, 0.15) is 0 Å². The Bertz CT molecular complexity index is 291. The maximum Gasteiger partial charge on any atom is 0.243 e. The largest absolute Gasteiger partial charge is 0.366 e. The number of nitrogens with one attached hydrogen (secondary N) is 1. The predicted octanol–water partition coefficient (Wildman–Crippen LogP) is -0.398. The lowest BCUT2D eigenvalue weighted by Crippen LogP contribution is -2.12. The number of carbonyl (C=O) groups excluding carboxylic acids is 3. The highest BCUT2D eigenvalue weighted by molar-refractivity contribution is 5.90. The standard InChI is InChI=1S/2C4H7NO.C3H5NO/c6-4-2-1-3-5-4;1-3(2)4(5)6;1-2-3(4)5/h1-3H2,(H,5,6);1H2,2H3,(H2,5,6);2H,1H2,(H2,4,5). The van der Waals surface area contributed by atoms with E-state index in [1.807, 2.05) is 0 Å². The van der Waals surface area contributed by atoms with Gasteiger partial charge in [-0.05, 0) is 19.4 Å². The lowest BCUT2D eigenvalue weighted by Gasteiger charge is -1.81. The molecule has 1 aliphatic heterocycles. The highest BCUT2D eigenvalue weighted by Crippen LogP contribution is 1.93. The molecule has 0 aliphatic carbocycles. The molecule has 0 saturated carbocycles. The molecule has 3 amide bonds. The van der Waals surface area contributed by atoms with Gasteiger partial charge in [-0.1, -0.05) is 13.2 Å². The Morgan fingerprint density at radius 1 is 1.41 bits per heavy atom. The third-order valence-corrected chi connectivity index (χ3v) is 1.52. The molecule has 1 aliphatic rings. The summed E-state index contributed by atoms with van der Waals surface area (Å²) in [6.07, 6.45) is 2.82. The second-order valence-electron chi connectivity index (χ2n) is 3.20. The van der Waals surface area contributed by atoms with Crippen LogP contribution >= 0.6 is 0 Å². The molecule has 5 N–H and O–H groups in total. The summed E-state index contributed by atoms with van der Waals surface area (Å²) in [5.41, 5.74) is 9.63. The van der Waals surface area contributed by atoms with Crippen molar-refractivity contribution in [3.63, 3.8) is 0 Å². The fourth-order valence-electron chi connectivity index (χ4n) is 0.565. The van der Waals surface area contributed by atoms with Crippen LogP contribution in [-0.4, -0.2) is 24.3 Å². The molecule has 0 aromatic carbocycles. The third-order valence-electron chi connectivity index (χ3n) is 1.52. The van der Waals surface area contributed by atoms with Crippen LogP contribution in [0.1, 0.15) is 19.8 Å². The van der Waals surface area contributed by atoms with E-state index in [2.05, 4.69) is 24.2 Å². The van der Waals surface area contributed by atoms with E-state index < -0.39 is 11.8 Å². The van der Waals surface area contributed by atoms with E-state index >= 15 is 0 Å². The molecule has 96 valence electrons. The molecule has 1 saturated heterocycles. The van der Waals surface area contributed by atoms with E-state index in [9.17, 15) is 14.4 Å². The number of amides is 3. The van der Waals surface area contributed by atoms with Gasteiger partial charge in [-0.2, -0.15) is 0 Å². The highest BCUT2D eigenvalue weighted by Gasteiger charge is 2.05. The fourth-order valence-corrected chi connectivity index (χ4v) is 0.565. The van der Waals surface area contributed by atoms with Crippen molar-refractivity contribution >= 4 is 17.7 Å². The predicted molar refractivity (Wildman–Crippen MR) is 65.6 cm³/mol. The molecule has 1 heterocycles. The summed E-state index contributed by atoms with van der Waals surface area (Å²) in [6.45, 7) is 8.83. The molecule has 0 bridgehead atoms. The van der Waals surface area contributed by atoms with Crippen LogP contribution in [0.25, 0.3) is 0 Å². The lowest BCUT2D eigenvalue weighted by atomic mass is 10.3. The number of primary amides is 2. The second-order valence-corrected chi connectivity index (χ2v) is 3.20. The first kappa shape index (κ1) is 17.3. The van der Waals surface area contributed by atoms with Crippen molar-refractivity contribution in [1.82, 2.24) is 5.32 Å². The van der Waals surface area contributed by atoms with Gasteiger partial charge in [0.25, 0.3) is 0 Å². The van der Waals surface area contributed by atoms with Crippen LogP contribution in [-0.2, 0) is 14.4 Å². The topological polar surface area (TPSA) is 115 Å². The van der Waals surface area contributed by atoms with Crippen LogP contribution in [0.5, 0.6) is 0 Å². The van der Waals surface area contributed by atoms with E-state index in [-0.39, 0.29) is 5.91 Å². The van der Waals surface area contributed by atoms with Gasteiger partial charge < -0.3 is 16.8 Å². The summed E-state index contributed by atoms with van der Waals surface area (Å²) in [5.74, 6) is -0.713. The fraction of sp³-hybridized carbons (Fsp3) is 0.364. The molecular formula is C11H19N3O3. The number of rotatable bonds is 2. The zero-order valence-corrected chi connectivity index (χ0v) is 9.99. The minimum Gasteiger partial charge on any atom is -0.366 e. The Hall–Kier alpha value is -2.11. The van der Waals surface area contributed by atoms with Crippen molar-refractivity contribution in [2.24, 2.45) is 11.5 Å². The summed E-state index contributed by atoms with van der Waals surface area (Å²) in [5, 5.41) is 2.68. The first-order chi connectivity index (χ1) is 7.81. The molecule has 1 fully saturated rings. The molecule has 0 aromatic rings. The van der Waals surface area contributed by atoms with Gasteiger partial charge in [-0.25, -0.2) is 0 Å². The van der Waals surface area contributed by atoms with Crippen LogP contribution in [0.3, 0.4) is 0 Å². The minimum absolute atomic E-state index is 0.204. The molecular weight excluding hydrogens is 222 g/mol. The van der Waals surface area contributed by atoms with Crippen molar-refractivity contribution < 1.29 is 14.4 Å². The van der Waals surface area contributed by atoms with E-state index in [1.165, 1.54) is 0 Å². The zero-order valence-electron chi connectivity index (χ0n) is 9.99. The smallest absolute Gasteiger partial charge is 0.243 e. The molecule has 0 spiro atoms. The minimum atomic E-state index is -0.481. The SMILES string of the molecule is C=C(C)C(N)=O.C=CC(N)=O.O=C1CCCN1. The quantitative estimate of drug-likeness (QED) is 0.571. The van der Waals surface area contributed by atoms with Gasteiger partial charge in [-0.15, -0.1) is 0 Å². The van der Waals surface area contributed by atoms with E-state index in [0.717, 1.165) is 25.5 Å². The molecule has 0 unspecified atom stereocenters. The van der Waals surface area contributed by atoms with E-state index in [4.69, 9.17) is 5.73 Å². The molecule has 0 aromatic heterocycles. The summed E-state index contributed by atoms with van der Waals surface area (Å²) in [6, 6.07) is 0. The normalized spacial score (nSPS) is 11.9. The van der Waals surface area contributed by atoms with Crippen LogP contribution < -0.4 is 16.8 Å². The van der Waals surface area contributed by atoms with Gasteiger partial charge in [0, 0.05) is 18.5 Å². The van der Waals surface area contributed by atoms with Crippen molar-refractivity contribution in [3.05, 3.63) is 24.8 Å². The molecule has 0 atom stereocenters. The molecule has 0 radical (unpaired) electrons. The molecule has 1 rings (SSSR count). The Morgan fingerprint density at radius 2 is 1.82 bits per heavy atom. The summed E-state index contributed by atoms with van der Waals surface area (Å²) < 4.78 is 0. The van der Waals surface area contributed by atoms with Crippen molar-refractivity contribution in [1.29, 1.82) is 0 Å². The van der Waals surface area contributed by atoms with Crippen LogP contribution in [0.15, 0.2) is 24.8 Å². The average molecular weight is 241 g/mol. The summed E-state index contributed by atoms with van der Waals surface area (Å²) in [7, 11) is 0. The number of nitrogens with two attached hydrogens (primary N) is 2. The maximum atomic E-state index is 10.1. The summed E-state index contributed by atoms with van der Waals surface area (Å²) >= 11 is 0. The van der Waals surface area contributed by atoms with Gasteiger partial charge in [0.15, 0.2) is 0 Å². The van der Waals surface area contributed by atoms with E-state index in [0.29, 0.717) is 5.57 Å². The van der Waals surface area contributed by atoms with Crippen molar-refractivity contribution in [3.8, 4) is 0 Å². The first-order valence-electron chi connectivity index (χ1n) is 4.95. The van der Waals surface area contributed by atoms with Gasteiger partial charge in [0.2, 0.25) is 17.7 Å².